The van der Waals surface area contributed by atoms with Crippen molar-refractivity contribution in [1.82, 2.24) is 10.9 Å². The molecule has 0 fully saturated rings. The first-order valence-corrected chi connectivity index (χ1v) is 9.96. The fraction of sp³-hybridized carbons (Fsp3) is 0.304. The van der Waals surface area contributed by atoms with Crippen molar-refractivity contribution < 1.29 is 28.7 Å². The molecule has 0 spiro atoms. The van der Waals surface area contributed by atoms with E-state index in [-0.39, 0.29) is 17.0 Å². The van der Waals surface area contributed by atoms with Crippen LogP contribution in [0.25, 0.3) is 0 Å². The third-order valence-corrected chi connectivity index (χ3v) is 4.04. The van der Waals surface area contributed by atoms with Gasteiger partial charge in [0.05, 0.1) is 24.3 Å². The van der Waals surface area contributed by atoms with Gasteiger partial charge in [0.2, 0.25) is 0 Å². The molecule has 0 aromatic heterocycles. The maximum Gasteiger partial charge on any atom is 0.338 e. The van der Waals surface area contributed by atoms with E-state index in [9.17, 15) is 19.2 Å². The van der Waals surface area contributed by atoms with Gasteiger partial charge in [-0.3, -0.25) is 20.4 Å². The molecule has 8 heteroatoms. The lowest BCUT2D eigenvalue weighted by Crippen LogP contribution is -2.41. The minimum atomic E-state index is -0.546. The fourth-order valence-corrected chi connectivity index (χ4v) is 2.38. The molecule has 0 saturated carbocycles. The summed E-state index contributed by atoms with van der Waals surface area (Å²) in [5.41, 5.74) is 5.79. The molecule has 0 aliphatic heterocycles. The predicted molar refractivity (Wildman–Crippen MR) is 114 cm³/mol. The highest BCUT2D eigenvalue weighted by molar-refractivity contribution is 6.00. The predicted octanol–water partition coefficient (Wildman–Crippen LogP) is 3.14. The Bertz CT molecular complexity index is 920. The standard InChI is InChI=1S/C23H26N2O6/c1-4-13-30-22(28)18-9-5-16(6-10-18)20(26)24-25-21(27)17-7-11-19(12-8-17)23(29)31-14-15(2)3/h5-12,15H,4,13-14H2,1-3H3,(H,24,26)(H,25,27). The van der Waals surface area contributed by atoms with Crippen LogP contribution in [-0.2, 0) is 9.47 Å². The number of nitrogens with one attached hydrogen (secondary N) is 2. The second-order valence-electron chi connectivity index (χ2n) is 7.19. The molecule has 0 heterocycles. The van der Waals surface area contributed by atoms with E-state index in [2.05, 4.69) is 10.9 Å². The fourth-order valence-electron chi connectivity index (χ4n) is 2.38. The van der Waals surface area contributed by atoms with Gasteiger partial charge >= 0.3 is 11.9 Å². The van der Waals surface area contributed by atoms with Gasteiger partial charge in [-0.05, 0) is 60.9 Å². The number of esters is 2. The van der Waals surface area contributed by atoms with Gasteiger partial charge in [0.25, 0.3) is 11.8 Å². The molecule has 0 unspecified atom stereocenters. The summed E-state index contributed by atoms with van der Waals surface area (Å²) < 4.78 is 10.2. The van der Waals surface area contributed by atoms with Crippen molar-refractivity contribution in [1.29, 1.82) is 0 Å². The molecule has 8 nitrogen and oxygen atoms in total. The summed E-state index contributed by atoms with van der Waals surface area (Å²) in [4.78, 5) is 48.1. The third kappa shape index (κ3) is 7.26. The van der Waals surface area contributed by atoms with Crippen LogP contribution in [0.5, 0.6) is 0 Å². The molecule has 0 saturated heterocycles. The van der Waals surface area contributed by atoms with E-state index in [0.29, 0.717) is 24.3 Å². The number of amides is 2. The number of carbonyl (C=O) groups excluding carboxylic acids is 4. The van der Waals surface area contributed by atoms with Crippen LogP contribution in [0.4, 0.5) is 0 Å². The number of hydrogen-bond acceptors (Lipinski definition) is 6. The molecule has 164 valence electrons. The highest BCUT2D eigenvalue weighted by atomic mass is 16.5. The van der Waals surface area contributed by atoms with Crippen LogP contribution in [-0.4, -0.2) is 37.0 Å². The molecule has 2 aromatic rings. The number of hydrazine groups is 1. The summed E-state index contributed by atoms with van der Waals surface area (Å²) in [6.45, 7) is 6.41. The second-order valence-corrected chi connectivity index (χ2v) is 7.19. The van der Waals surface area contributed by atoms with Gasteiger partial charge in [-0.15, -0.1) is 0 Å². The first kappa shape index (κ1) is 23.6. The summed E-state index contributed by atoms with van der Waals surface area (Å²) >= 11 is 0. The maximum absolute atomic E-state index is 12.2. The molecule has 0 atom stereocenters. The van der Waals surface area contributed by atoms with Gasteiger partial charge < -0.3 is 9.47 Å². The van der Waals surface area contributed by atoms with Crippen molar-refractivity contribution in [2.45, 2.75) is 27.2 Å². The van der Waals surface area contributed by atoms with Crippen molar-refractivity contribution in [2.24, 2.45) is 5.92 Å². The largest absolute Gasteiger partial charge is 0.462 e. The lowest BCUT2D eigenvalue weighted by Gasteiger charge is -2.09. The van der Waals surface area contributed by atoms with Crippen molar-refractivity contribution in [3.05, 3.63) is 70.8 Å². The highest BCUT2D eigenvalue weighted by Crippen LogP contribution is 2.08. The molecular weight excluding hydrogens is 400 g/mol. The van der Waals surface area contributed by atoms with E-state index >= 15 is 0 Å². The minimum absolute atomic E-state index is 0.226. The topological polar surface area (TPSA) is 111 Å². The zero-order valence-corrected chi connectivity index (χ0v) is 17.8. The Kier molecular flexibility index (Phi) is 8.75. The maximum atomic E-state index is 12.2. The molecule has 0 aliphatic carbocycles. The molecule has 0 radical (unpaired) electrons. The van der Waals surface area contributed by atoms with Gasteiger partial charge in [0.1, 0.15) is 0 Å². The summed E-state index contributed by atoms with van der Waals surface area (Å²) in [5.74, 6) is -1.79. The second kappa shape index (κ2) is 11.5. The van der Waals surface area contributed by atoms with Crippen LogP contribution in [0.3, 0.4) is 0 Å². The van der Waals surface area contributed by atoms with Crippen molar-refractivity contribution in [3.8, 4) is 0 Å². The number of ether oxygens (including phenoxy) is 2. The van der Waals surface area contributed by atoms with Crippen LogP contribution in [0.1, 0.15) is 68.6 Å². The van der Waals surface area contributed by atoms with Crippen molar-refractivity contribution >= 4 is 23.8 Å². The zero-order chi connectivity index (χ0) is 22.8. The van der Waals surface area contributed by atoms with Crippen molar-refractivity contribution in [3.63, 3.8) is 0 Å². The Balaban J connectivity index is 1.88. The smallest absolute Gasteiger partial charge is 0.338 e. The van der Waals surface area contributed by atoms with Crippen LogP contribution >= 0.6 is 0 Å². The van der Waals surface area contributed by atoms with Gasteiger partial charge in [-0.25, -0.2) is 9.59 Å². The van der Waals surface area contributed by atoms with Crippen LogP contribution < -0.4 is 10.9 Å². The van der Waals surface area contributed by atoms with E-state index in [1.807, 2.05) is 20.8 Å². The van der Waals surface area contributed by atoms with E-state index in [1.54, 1.807) is 0 Å². The summed E-state index contributed by atoms with van der Waals surface area (Å²) in [6.07, 6.45) is 0.719. The number of hydrogen-bond donors (Lipinski definition) is 2. The molecule has 2 aromatic carbocycles. The van der Waals surface area contributed by atoms with Crippen LogP contribution in [0.15, 0.2) is 48.5 Å². The monoisotopic (exact) mass is 426 g/mol. The Hall–Kier alpha value is -3.68. The molecular formula is C23H26N2O6. The van der Waals surface area contributed by atoms with Crippen LogP contribution in [0, 0.1) is 5.92 Å². The molecule has 31 heavy (non-hydrogen) atoms. The average molecular weight is 426 g/mol. The third-order valence-electron chi connectivity index (χ3n) is 4.04. The first-order valence-electron chi connectivity index (χ1n) is 9.96. The normalized spacial score (nSPS) is 10.3. The lowest BCUT2D eigenvalue weighted by molar-refractivity contribution is 0.0457. The summed E-state index contributed by atoms with van der Waals surface area (Å²) in [7, 11) is 0. The Morgan fingerprint density at radius 2 is 1.10 bits per heavy atom. The number of benzene rings is 2. The van der Waals surface area contributed by atoms with Gasteiger partial charge in [-0.1, -0.05) is 20.8 Å². The molecule has 2 amide bonds. The van der Waals surface area contributed by atoms with Gasteiger partial charge in [-0.2, -0.15) is 0 Å². The molecule has 2 rings (SSSR count). The number of carbonyl (C=O) groups is 4. The lowest BCUT2D eigenvalue weighted by atomic mass is 10.1. The van der Waals surface area contributed by atoms with E-state index in [0.717, 1.165) is 6.42 Å². The van der Waals surface area contributed by atoms with Gasteiger partial charge in [0.15, 0.2) is 0 Å². The zero-order valence-electron chi connectivity index (χ0n) is 17.8. The average Bonchev–Trinajstić information content (AvgIpc) is 2.79. The quantitative estimate of drug-likeness (QED) is 0.496. The Morgan fingerprint density at radius 1 is 0.710 bits per heavy atom. The van der Waals surface area contributed by atoms with Crippen molar-refractivity contribution in [2.75, 3.05) is 13.2 Å². The molecule has 2 N–H and O–H groups in total. The van der Waals surface area contributed by atoms with E-state index in [1.165, 1.54) is 48.5 Å². The summed E-state index contributed by atoms with van der Waals surface area (Å²) in [5, 5.41) is 0. The molecule has 0 aliphatic rings. The Morgan fingerprint density at radius 3 is 1.48 bits per heavy atom. The van der Waals surface area contributed by atoms with Gasteiger partial charge in [0, 0.05) is 11.1 Å². The number of rotatable bonds is 8. The highest BCUT2D eigenvalue weighted by Gasteiger charge is 2.13. The Labute approximate surface area is 180 Å². The van der Waals surface area contributed by atoms with E-state index < -0.39 is 23.8 Å². The van der Waals surface area contributed by atoms with Crippen LogP contribution in [0.2, 0.25) is 0 Å². The van der Waals surface area contributed by atoms with E-state index in [4.69, 9.17) is 9.47 Å². The minimum Gasteiger partial charge on any atom is -0.462 e. The SMILES string of the molecule is CCCOC(=O)c1ccc(C(=O)NNC(=O)c2ccc(C(=O)OCC(C)C)cc2)cc1. The molecule has 0 bridgehead atoms. The first-order chi connectivity index (χ1) is 14.8. The summed E-state index contributed by atoms with van der Waals surface area (Å²) in [6, 6.07) is 11.8.